The molecular weight excluding hydrogens is 402 g/mol. The number of hydrogen-bond donors (Lipinski definition) is 2. The van der Waals surface area contributed by atoms with Crippen LogP contribution in [0.15, 0.2) is 73.1 Å². The van der Waals surface area contributed by atoms with Gasteiger partial charge in [-0.05, 0) is 73.0 Å². The molecule has 0 atom stereocenters. The topological polar surface area (TPSA) is 76.4 Å². The number of benzene rings is 2. The summed E-state index contributed by atoms with van der Waals surface area (Å²) >= 11 is 0. The highest BCUT2D eigenvalue weighted by Gasteiger charge is 2.12. The number of ether oxygens (including phenoxy) is 1. The van der Waals surface area contributed by atoms with E-state index in [1.54, 1.807) is 18.3 Å². The number of carboxylic acids is 1. The number of carboxylic acid groups (broad SMARTS) is 1. The third-order valence-corrected chi connectivity index (χ3v) is 5.34. The summed E-state index contributed by atoms with van der Waals surface area (Å²) in [5.74, 6) is 0.0570. The Labute approximate surface area is 187 Å². The van der Waals surface area contributed by atoms with Crippen LogP contribution < -0.4 is 10.1 Å². The van der Waals surface area contributed by atoms with Crippen LogP contribution in [0, 0.1) is 13.8 Å². The van der Waals surface area contributed by atoms with Gasteiger partial charge in [0.25, 0.3) is 0 Å². The molecule has 0 aliphatic carbocycles. The number of aromatic nitrogens is 2. The number of aryl methyl sites for hydroxylation is 2. The molecule has 6 heteroatoms. The van der Waals surface area contributed by atoms with E-state index in [2.05, 4.69) is 65.2 Å². The largest absolute Gasteiger partial charge is 0.496 e. The van der Waals surface area contributed by atoms with Crippen LogP contribution in [0.3, 0.4) is 0 Å². The van der Waals surface area contributed by atoms with Crippen LogP contribution in [0.5, 0.6) is 5.75 Å². The van der Waals surface area contributed by atoms with Gasteiger partial charge < -0.3 is 19.7 Å². The molecule has 0 radical (unpaired) electrons. The maximum atomic E-state index is 11.5. The van der Waals surface area contributed by atoms with Crippen LogP contribution in [0.4, 0.5) is 5.82 Å². The molecule has 0 amide bonds. The van der Waals surface area contributed by atoms with E-state index in [-0.39, 0.29) is 5.56 Å². The first-order valence-electron chi connectivity index (χ1n) is 10.3. The van der Waals surface area contributed by atoms with E-state index in [9.17, 15) is 9.90 Å². The number of pyridine rings is 1. The number of carbonyl (C=O) groups is 1. The van der Waals surface area contributed by atoms with E-state index in [1.165, 1.54) is 18.4 Å². The Morgan fingerprint density at radius 3 is 2.53 bits per heavy atom. The van der Waals surface area contributed by atoms with Gasteiger partial charge in [-0.2, -0.15) is 0 Å². The normalized spacial score (nSPS) is 10.7. The van der Waals surface area contributed by atoms with E-state index in [0.717, 1.165) is 28.2 Å². The molecule has 32 heavy (non-hydrogen) atoms. The zero-order valence-corrected chi connectivity index (χ0v) is 18.3. The van der Waals surface area contributed by atoms with Crippen molar-refractivity contribution >= 4 is 11.8 Å². The lowest BCUT2D eigenvalue weighted by molar-refractivity contribution is 0.0693. The molecule has 2 heterocycles. The fraction of sp³-hybridized carbons (Fsp3) is 0.154. The molecular formula is C26H25N3O3. The molecule has 2 aromatic carbocycles. The fourth-order valence-corrected chi connectivity index (χ4v) is 3.75. The molecule has 2 aromatic heterocycles. The second kappa shape index (κ2) is 8.98. The first kappa shape index (κ1) is 21.2. The van der Waals surface area contributed by atoms with E-state index in [1.807, 2.05) is 18.2 Å². The monoisotopic (exact) mass is 427 g/mol. The van der Waals surface area contributed by atoms with Gasteiger partial charge in [0.2, 0.25) is 0 Å². The summed E-state index contributed by atoms with van der Waals surface area (Å²) in [6.07, 6.45) is 3.87. The van der Waals surface area contributed by atoms with Crippen LogP contribution in [0.25, 0.3) is 16.8 Å². The molecule has 0 spiro atoms. The van der Waals surface area contributed by atoms with Crippen molar-refractivity contribution in [2.24, 2.45) is 0 Å². The summed E-state index contributed by atoms with van der Waals surface area (Å²) in [4.78, 5) is 16.0. The third kappa shape index (κ3) is 4.49. The maximum absolute atomic E-state index is 11.5. The predicted octanol–water partition coefficient (Wildman–Crippen LogP) is 5.48. The van der Waals surface area contributed by atoms with Gasteiger partial charge in [0.05, 0.1) is 7.11 Å². The number of anilines is 1. The van der Waals surface area contributed by atoms with Crippen molar-refractivity contribution in [3.63, 3.8) is 0 Å². The minimum absolute atomic E-state index is 0.125. The highest BCUT2D eigenvalue weighted by molar-refractivity contribution is 5.92. The molecule has 0 saturated heterocycles. The third-order valence-electron chi connectivity index (χ3n) is 5.34. The van der Waals surface area contributed by atoms with Crippen LogP contribution in [0.1, 0.15) is 27.2 Å². The number of rotatable bonds is 7. The Bertz CT molecular complexity index is 1260. The van der Waals surface area contributed by atoms with Crippen molar-refractivity contribution in [1.29, 1.82) is 0 Å². The zero-order chi connectivity index (χ0) is 22.7. The summed E-state index contributed by atoms with van der Waals surface area (Å²) in [6.45, 7) is 4.84. The van der Waals surface area contributed by atoms with E-state index in [4.69, 9.17) is 4.74 Å². The Morgan fingerprint density at radius 1 is 1.06 bits per heavy atom. The number of aromatic carboxylic acids is 1. The molecule has 4 rings (SSSR count). The summed E-state index contributed by atoms with van der Waals surface area (Å²) in [7, 11) is 1.46. The lowest BCUT2D eigenvalue weighted by Gasteiger charge is -2.11. The minimum atomic E-state index is -1.03. The van der Waals surface area contributed by atoms with Gasteiger partial charge in [0.15, 0.2) is 0 Å². The van der Waals surface area contributed by atoms with Gasteiger partial charge in [-0.3, -0.25) is 0 Å². The van der Waals surface area contributed by atoms with E-state index in [0.29, 0.717) is 12.3 Å². The SMILES string of the molecule is COc1ccc(-c2ccc(NCc3cccc(-n4cc(C)cc4C)c3)nc2)cc1C(=O)O. The Kier molecular flexibility index (Phi) is 5.94. The molecule has 0 aliphatic heterocycles. The Morgan fingerprint density at radius 2 is 1.88 bits per heavy atom. The van der Waals surface area contributed by atoms with E-state index >= 15 is 0 Å². The fourth-order valence-electron chi connectivity index (χ4n) is 3.75. The van der Waals surface area contributed by atoms with Gasteiger partial charge in [0.1, 0.15) is 17.1 Å². The number of hydrogen-bond acceptors (Lipinski definition) is 4. The summed E-state index contributed by atoms with van der Waals surface area (Å²) in [5, 5.41) is 12.7. The quantitative estimate of drug-likeness (QED) is 0.409. The number of nitrogens with zero attached hydrogens (tertiary/aromatic N) is 2. The average Bonchev–Trinajstić information content (AvgIpc) is 3.15. The summed E-state index contributed by atoms with van der Waals surface area (Å²) in [5.41, 5.74) is 6.46. The lowest BCUT2D eigenvalue weighted by atomic mass is 10.0. The Balaban J connectivity index is 1.47. The second-order valence-corrected chi connectivity index (χ2v) is 7.70. The lowest BCUT2D eigenvalue weighted by Crippen LogP contribution is -2.03. The summed E-state index contributed by atoms with van der Waals surface area (Å²) < 4.78 is 7.31. The number of methoxy groups -OCH3 is 1. The van der Waals surface area contributed by atoms with Gasteiger partial charge in [-0.1, -0.05) is 18.2 Å². The molecule has 0 unspecified atom stereocenters. The average molecular weight is 428 g/mol. The highest BCUT2D eigenvalue weighted by atomic mass is 16.5. The summed E-state index contributed by atoms with van der Waals surface area (Å²) in [6, 6.07) is 19.5. The zero-order valence-electron chi connectivity index (χ0n) is 18.3. The first-order chi connectivity index (χ1) is 15.4. The van der Waals surface area contributed by atoms with Gasteiger partial charge in [0, 0.05) is 35.9 Å². The highest BCUT2D eigenvalue weighted by Crippen LogP contribution is 2.27. The maximum Gasteiger partial charge on any atom is 0.339 e. The Hall–Kier alpha value is -4.06. The molecule has 4 aromatic rings. The van der Waals surface area contributed by atoms with Crippen molar-refractivity contribution in [2.75, 3.05) is 12.4 Å². The second-order valence-electron chi connectivity index (χ2n) is 7.70. The van der Waals surface area contributed by atoms with Gasteiger partial charge in [-0.15, -0.1) is 0 Å². The molecule has 6 nitrogen and oxygen atoms in total. The van der Waals surface area contributed by atoms with Crippen molar-refractivity contribution in [1.82, 2.24) is 9.55 Å². The van der Waals surface area contributed by atoms with Crippen molar-refractivity contribution in [2.45, 2.75) is 20.4 Å². The smallest absolute Gasteiger partial charge is 0.339 e. The number of nitrogens with one attached hydrogen (secondary N) is 1. The van der Waals surface area contributed by atoms with Crippen LogP contribution in [-0.4, -0.2) is 27.7 Å². The van der Waals surface area contributed by atoms with Crippen LogP contribution in [-0.2, 0) is 6.54 Å². The standard InChI is InChI=1S/C26H25N3O3/c1-17-11-18(2)29(16-17)22-6-4-5-19(12-22)14-27-25-10-8-21(15-28-25)20-7-9-24(32-3)23(13-20)26(30)31/h4-13,15-16H,14H2,1-3H3,(H,27,28)(H,30,31). The van der Waals surface area contributed by atoms with Crippen LogP contribution >= 0.6 is 0 Å². The van der Waals surface area contributed by atoms with Crippen molar-refractivity contribution in [3.05, 3.63) is 95.4 Å². The van der Waals surface area contributed by atoms with Crippen molar-refractivity contribution < 1.29 is 14.6 Å². The van der Waals surface area contributed by atoms with E-state index < -0.39 is 5.97 Å². The van der Waals surface area contributed by atoms with Gasteiger partial charge >= 0.3 is 5.97 Å². The molecule has 0 bridgehead atoms. The molecule has 162 valence electrons. The van der Waals surface area contributed by atoms with Crippen LogP contribution in [0.2, 0.25) is 0 Å². The van der Waals surface area contributed by atoms with Crippen molar-refractivity contribution in [3.8, 4) is 22.6 Å². The minimum Gasteiger partial charge on any atom is -0.496 e. The molecule has 2 N–H and O–H groups in total. The molecule has 0 fully saturated rings. The molecule has 0 aliphatic rings. The molecule has 0 saturated carbocycles. The van der Waals surface area contributed by atoms with Gasteiger partial charge in [-0.25, -0.2) is 9.78 Å². The predicted molar refractivity (Wildman–Crippen MR) is 126 cm³/mol. The first-order valence-corrected chi connectivity index (χ1v) is 10.3.